The largest absolute Gasteiger partial charge is 0.265 e. The third kappa shape index (κ3) is 27.2. The van der Waals surface area contributed by atoms with Gasteiger partial charge >= 0.3 is 0 Å². The van der Waals surface area contributed by atoms with Crippen molar-refractivity contribution in [2.75, 3.05) is 10.8 Å². The van der Waals surface area contributed by atoms with Crippen LogP contribution in [0.4, 0.5) is 5.69 Å². The number of thiophene rings is 5. The van der Waals surface area contributed by atoms with E-state index < -0.39 is 10.0 Å². The first-order chi connectivity index (χ1) is 41.0. The fourth-order valence-electron chi connectivity index (χ4n) is 11.4. The lowest BCUT2D eigenvalue weighted by molar-refractivity contribution is 0.411. The Hall–Kier alpha value is 4.27. The van der Waals surface area contributed by atoms with Crippen LogP contribution in [-0.4, -0.2) is 15.0 Å². The molecule has 5 aromatic heterocycles. The molecule has 6 heterocycles. The van der Waals surface area contributed by atoms with Gasteiger partial charge in [0, 0.05) is 45.6 Å². The van der Waals surface area contributed by atoms with Crippen molar-refractivity contribution in [3.05, 3.63) is 57.3 Å². The Labute approximate surface area is 566 Å². The monoisotopic (exact) mass is 1530 g/mol. The molecular formula is C62H111NO2P14S6. The van der Waals surface area contributed by atoms with E-state index in [1.54, 1.807) is 11.3 Å². The van der Waals surface area contributed by atoms with Gasteiger partial charge in [-0.25, -0.2) is 8.42 Å². The zero-order valence-corrected chi connectivity index (χ0v) is 72.3. The van der Waals surface area contributed by atoms with Gasteiger partial charge in [0.25, 0.3) is 10.0 Å². The molecule has 482 valence electrons. The molecule has 0 radical (unpaired) electrons. The Morgan fingerprint density at radius 2 is 0.788 bits per heavy atom. The van der Waals surface area contributed by atoms with Gasteiger partial charge in [-0.05, 0) is 148 Å². The number of fused-ring (bicyclic) bond motifs is 3. The molecule has 6 rings (SSSR count). The lowest BCUT2D eigenvalue weighted by Crippen LogP contribution is -2.37. The van der Waals surface area contributed by atoms with E-state index in [9.17, 15) is 0 Å². The Balaban J connectivity index is 0.000000832. The van der Waals surface area contributed by atoms with Gasteiger partial charge in [-0.1, -0.05) is 207 Å². The third-order valence-corrected chi connectivity index (χ3v) is 103. The third-order valence-electron chi connectivity index (χ3n) is 16.1. The molecule has 0 amide bonds. The summed E-state index contributed by atoms with van der Waals surface area (Å²) < 4.78 is 32.9. The highest BCUT2D eigenvalue weighted by molar-refractivity contribution is 9.27. The van der Waals surface area contributed by atoms with Crippen molar-refractivity contribution in [3.8, 4) is 39.0 Å². The number of nitrogens with zero attached hydrogens (tertiary/aromatic N) is 1. The van der Waals surface area contributed by atoms with Crippen molar-refractivity contribution in [1.29, 1.82) is 0 Å². The fraction of sp³-hybridized carbons (Fsp3) is 0.677. The summed E-state index contributed by atoms with van der Waals surface area (Å²) in [6.45, 7) is 14.9. The summed E-state index contributed by atoms with van der Waals surface area (Å²) in [6, 6.07) is 13.9. The summed E-state index contributed by atoms with van der Waals surface area (Å²) >= 11 is 9.31. The highest BCUT2D eigenvalue weighted by Gasteiger charge is 2.40. The molecule has 0 spiro atoms. The number of hydrogen-bond acceptors (Lipinski definition) is 7. The van der Waals surface area contributed by atoms with Crippen molar-refractivity contribution in [1.82, 2.24) is 0 Å². The Morgan fingerprint density at radius 3 is 1.24 bits per heavy atom. The van der Waals surface area contributed by atoms with Crippen LogP contribution in [0, 0.1) is 19.8 Å². The number of sulfonamides is 1. The molecule has 0 saturated carbocycles. The lowest BCUT2D eigenvalue weighted by Gasteiger charge is -2.37. The summed E-state index contributed by atoms with van der Waals surface area (Å²) in [5, 5.41) is 0. The normalized spacial score (nSPS) is 13.6. The molecule has 1 aliphatic heterocycles. The van der Waals surface area contributed by atoms with Crippen LogP contribution in [0.15, 0.2) is 41.3 Å². The highest BCUT2D eigenvalue weighted by atomic mass is 33.3. The standard InChI is InChI=1S/C62H95NO2S6.H16P14/c1-7-11-15-19-22-24-26-28-31-35-39-51-43-49(6)67-59(51)57-46-58-62(70-57)61-53(63(71(58,64)65)47-50(37-33-18-14-10-4)38-34-30-21-17-13-9-3)45-56(69-61)60-52(44-55(68-60)54-42-41-48(5)66-54)40-36-32-29-27-25-23-20-16-12-8-2;1-9(2)13(10(3)4)14(11(5)6)12(7)8/h41-46,50H,7-40,47H2,1-6H3;1-8H2. The topological polar surface area (TPSA) is 37.4 Å². The van der Waals surface area contributed by atoms with Crippen LogP contribution >= 0.6 is 170 Å². The Kier molecular flexibility index (Phi) is 42.3. The van der Waals surface area contributed by atoms with E-state index in [1.807, 2.05) is 49.7 Å². The Bertz CT molecular complexity index is 2690. The highest BCUT2D eigenvalue weighted by Crippen LogP contribution is 3.21. The predicted molar refractivity (Wildman–Crippen MR) is 442 cm³/mol. The maximum absolute atomic E-state index is 15.5. The predicted octanol–water partition coefficient (Wildman–Crippen LogP) is 30.8. The quantitative estimate of drug-likeness (QED) is 0.0288. The molecule has 23 heteroatoms. The maximum Gasteiger partial charge on any atom is 0.265 e. The van der Waals surface area contributed by atoms with E-state index in [1.165, 1.54) is 243 Å². The molecule has 0 fully saturated rings. The van der Waals surface area contributed by atoms with Crippen LogP contribution in [0.5, 0.6) is 0 Å². The number of unbranched alkanes of at least 4 members (excludes halogenated alkanes) is 26. The Morgan fingerprint density at radius 1 is 0.400 bits per heavy atom. The van der Waals surface area contributed by atoms with Crippen molar-refractivity contribution in [3.63, 3.8) is 0 Å². The summed E-state index contributed by atoms with van der Waals surface area (Å²) in [6.07, 6.45) is 43.5. The molecule has 0 aromatic carbocycles. The smallest absolute Gasteiger partial charge is 0.264 e. The number of aryl methyl sites for hydroxylation is 4. The van der Waals surface area contributed by atoms with Gasteiger partial charge in [0.2, 0.25) is 0 Å². The molecule has 3 nitrogen and oxygen atoms in total. The zero-order chi connectivity index (χ0) is 61.7. The zero-order valence-electron chi connectivity index (χ0n) is 52.8. The van der Waals surface area contributed by atoms with Gasteiger partial charge in [0.05, 0.1) is 15.4 Å². The first kappa shape index (κ1) is 80.0. The van der Waals surface area contributed by atoms with Crippen LogP contribution in [0.1, 0.15) is 254 Å². The van der Waals surface area contributed by atoms with Crippen molar-refractivity contribution in [2.24, 2.45) is 5.92 Å². The second-order valence-electron chi connectivity index (χ2n) is 23.4. The van der Waals surface area contributed by atoms with E-state index >= 15 is 8.42 Å². The molecule has 0 N–H and O–H groups in total. The van der Waals surface area contributed by atoms with Crippen LogP contribution in [0.25, 0.3) is 39.0 Å². The van der Waals surface area contributed by atoms with Gasteiger partial charge in [0.1, 0.15) is 4.90 Å². The molecule has 0 bridgehead atoms. The average Bonchev–Trinajstić information content (AvgIpc) is 1.80. The summed E-state index contributed by atoms with van der Waals surface area (Å²) in [4.78, 5) is 13.1. The fourth-order valence-corrected chi connectivity index (χ4v) is 167. The number of rotatable bonds is 44. The van der Waals surface area contributed by atoms with Crippen molar-refractivity contribution >= 4 is 186 Å². The molecule has 5 aromatic rings. The first-order valence-electron chi connectivity index (χ1n) is 32.3. The lowest BCUT2D eigenvalue weighted by atomic mass is 9.94. The molecule has 9 atom stereocenters. The van der Waals surface area contributed by atoms with E-state index in [0.717, 1.165) is 41.1 Å². The molecule has 9 unspecified atom stereocenters. The van der Waals surface area contributed by atoms with E-state index in [-0.39, 0.29) is 41.9 Å². The minimum atomic E-state index is -3.79. The van der Waals surface area contributed by atoms with E-state index in [2.05, 4.69) is 149 Å². The molecule has 0 aliphatic carbocycles. The average molecular weight is 1530 g/mol. The van der Waals surface area contributed by atoms with Gasteiger partial charge < -0.3 is 0 Å². The first-order valence-corrected chi connectivity index (χ1v) is 62.4. The maximum atomic E-state index is 15.5. The van der Waals surface area contributed by atoms with Crippen LogP contribution in [0.2, 0.25) is 0 Å². The molecule has 0 saturated heterocycles. The SMILES string of the molecule is CCCCCCCCCCCCc1cc(C)sc1-c1cc2c(s1)-c1sc(-c3sc(-c4ccc(C)s4)cc3CCCCCCCCCCCC)cc1N(CC(CCCCCC)CCCCCCCC)S2(=O)=O.PP(P)P(P(P)P)P(P(P)P)P(P)P. The van der Waals surface area contributed by atoms with Gasteiger partial charge in [0.15, 0.2) is 0 Å². The van der Waals surface area contributed by atoms with Crippen LogP contribution < -0.4 is 4.31 Å². The minimum Gasteiger partial charge on any atom is -0.264 e. The second-order valence-corrected chi connectivity index (χ2v) is 84.5. The van der Waals surface area contributed by atoms with Gasteiger partial charge in [-0.15, -0.1) is 128 Å². The van der Waals surface area contributed by atoms with Crippen LogP contribution in [-0.2, 0) is 22.9 Å². The van der Waals surface area contributed by atoms with Crippen molar-refractivity contribution in [2.45, 2.75) is 265 Å². The van der Waals surface area contributed by atoms with E-state index in [4.69, 9.17) is 0 Å². The number of anilines is 1. The molecule has 85 heavy (non-hydrogen) atoms. The second kappa shape index (κ2) is 45.0. The minimum absolute atomic E-state index is 0.0856. The molecule has 1 aliphatic rings. The van der Waals surface area contributed by atoms with Gasteiger partial charge in [-0.3, -0.25) is 4.31 Å². The molecular weight excluding hydrogens is 1420 g/mol. The van der Waals surface area contributed by atoms with Crippen molar-refractivity contribution < 1.29 is 8.42 Å². The van der Waals surface area contributed by atoms with Crippen LogP contribution in [0.3, 0.4) is 0 Å². The van der Waals surface area contributed by atoms with Gasteiger partial charge in [-0.2, -0.15) is 0 Å². The summed E-state index contributed by atoms with van der Waals surface area (Å²) in [5.41, 5.74) is 3.79. The number of hydrogen-bond donors (Lipinski definition) is 0. The van der Waals surface area contributed by atoms with E-state index in [0.29, 0.717) is 17.4 Å². The summed E-state index contributed by atoms with van der Waals surface area (Å²) in [5.74, 6) is 0.346. The summed E-state index contributed by atoms with van der Waals surface area (Å²) in [7, 11) is 20.6.